The van der Waals surface area contributed by atoms with Gasteiger partial charge in [0.05, 0.1) is 18.2 Å². The van der Waals surface area contributed by atoms with Gasteiger partial charge in [0, 0.05) is 61.0 Å². The van der Waals surface area contributed by atoms with E-state index >= 15 is 0 Å². The molecule has 9 heteroatoms. The molecule has 7 rings (SSSR count). The third-order valence-corrected chi connectivity index (χ3v) is 10.8. The Hall–Kier alpha value is -2.01. The molecule has 9 nitrogen and oxygen atoms in total. The molecule has 5 aliphatic rings. The van der Waals surface area contributed by atoms with E-state index < -0.39 is 24.6 Å². The monoisotopic (exact) mass is 568 g/mol. The number of aliphatic hydroxyl groups is 3. The molecule has 2 aliphatic carbocycles. The van der Waals surface area contributed by atoms with E-state index in [1.807, 2.05) is 12.1 Å². The molecule has 224 valence electrons. The Morgan fingerprint density at radius 2 is 1.88 bits per heavy atom. The number of benzene rings is 1. The maximum Gasteiger partial charge on any atom is 0.231 e. The first-order valence-corrected chi connectivity index (χ1v) is 15.8. The SMILES string of the molecule is O=C(CCCCCCCCOC1O[C@H](CO)C(O)CC1O)n1c2c(c3cc(O)ccc31)CCN1CC34CC3CC2C14. The minimum atomic E-state index is -0.892. The van der Waals surface area contributed by atoms with Crippen molar-refractivity contribution in [1.82, 2.24) is 9.47 Å². The van der Waals surface area contributed by atoms with Gasteiger partial charge in [0.1, 0.15) is 18.0 Å². The highest BCUT2D eigenvalue weighted by Crippen LogP contribution is 2.74. The quantitative estimate of drug-likeness (QED) is 0.305. The van der Waals surface area contributed by atoms with Gasteiger partial charge in [0.2, 0.25) is 5.91 Å². The summed E-state index contributed by atoms with van der Waals surface area (Å²) in [5.74, 6) is 1.71. The number of fused-ring (bicyclic) bond motifs is 4. The molecule has 4 fully saturated rings. The van der Waals surface area contributed by atoms with Gasteiger partial charge in [-0.05, 0) is 61.8 Å². The molecular weight excluding hydrogens is 524 g/mol. The molecule has 0 bridgehead atoms. The zero-order chi connectivity index (χ0) is 28.3. The average molecular weight is 569 g/mol. The van der Waals surface area contributed by atoms with Crippen LogP contribution < -0.4 is 0 Å². The predicted molar refractivity (Wildman–Crippen MR) is 152 cm³/mol. The predicted octanol–water partition coefficient (Wildman–Crippen LogP) is 3.30. The molecule has 1 aromatic heterocycles. The normalized spacial score (nSPS) is 35.4. The summed E-state index contributed by atoms with van der Waals surface area (Å²) in [6.07, 6.45) is 6.68. The summed E-state index contributed by atoms with van der Waals surface area (Å²) >= 11 is 0. The number of rotatable bonds is 11. The van der Waals surface area contributed by atoms with Crippen LogP contribution in [0.4, 0.5) is 0 Å². The number of aromatic hydroxyl groups is 1. The fraction of sp³-hybridized carbons (Fsp3) is 0.719. The number of unbranched alkanes of at least 4 members (excludes halogenated alkanes) is 5. The van der Waals surface area contributed by atoms with Crippen LogP contribution in [0.1, 0.15) is 86.2 Å². The Labute approximate surface area is 241 Å². The Balaban J connectivity index is 0.906. The van der Waals surface area contributed by atoms with Crippen LogP contribution in [-0.4, -0.2) is 92.7 Å². The lowest BCUT2D eigenvalue weighted by Crippen LogP contribution is -2.58. The van der Waals surface area contributed by atoms with E-state index in [0.29, 0.717) is 30.4 Å². The lowest BCUT2D eigenvalue weighted by atomic mass is 9.80. The summed E-state index contributed by atoms with van der Waals surface area (Å²) in [6, 6.07) is 6.11. The van der Waals surface area contributed by atoms with Crippen molar-refractivity contribution < 1.29 is 34.7 Å². The van der Waals surface area contributed by atoms with E-state index in [2.05, 4.69) is 9.47 Å². The van der Waals surface area contributed by atoms with E-state index in [1.165, 1.54) is 30.6 Å². The molecule has 41 heavy (non-hydrogen) atoms. The van der Waals surface area contributed by atoms with E-state index in [9.17, 15) is 25.2 Å². The Bertz CT molecular complexity index is 1290. The largest absolute Gasteiger partial charge is 0.508 e. The van der Waals surface area contributed by atoms with Crippen molar-refractivity contribution in [1.29, 1.82) is 0 Å². The second kappa shape index (κ2) is 10.9. The summed E-state index contributed by atoms with van der Waals surface area (Å²) in [5.41, 5.74) is 4.03. The molecule has 7 unspecified atom stereocenters. The molecule has 1 spiro atoms. The number of carbonyl (C=O) groups is 1. The Morgan fingerprint density at radius 1 is 1.07 bits per heavy atom. The number of ether oxygens (including phenoxy) is 2. The number of phenols is 1. The molecule has 0 radical (unpaired) electrons. The molecule has 0 amide bonds. The second-order valence-corrected chi connectivity index (χ2v) is 13.3. The summed E-state index contributed by atoms with van der Waals surface area (Å²) < 4.78 is 13.2. The Kier molecular flexibility index (Phi) is 7.41. The summed E-state index contributed by atoms with van der Waals surface area (Å²) in [4.78, 5) is 16.4. The fourth-order valence-electron chi connectivity index (χ4n) is 8.78. The molecule has 3 aliphatic heterocycles. The van der Waals surface area contributed by atoms with Crippen LogP contribution in [0.2, 0.25) is 0 Å². The van der Waals surface area contributed by atoms with E-state index in [-0.39, 0.29) is 24.7 Å². The first kappa shape index (κ1) is 27.8. The smallest absolute Gasteiger partial charge is 0.231 e. The van der Waals surface area contributed by atoms with Gasteiger partial charge < -0.3 is 29.9 Å². The van der Waals surface area contributed by atoms with Gasteiger partial charge in [0.15, 0.2) is 6.29 Å². The van der Waals surface area contributed by atoms with Crippen LogP contribution in [0.15, 0.2) is 18.2 Å². The molecule has 4 heterocycles. The van der Waals surface area contributed by atoms with E-state index in [4.69, 9.17) is 9.47 Å². The lowest BCUT2D eigenvalue weighted by Gasteiger charge is -2.49. The van der Waals surface area contributed by atoms with Gasteiger partial charge in [-0.25, -0.2) is 0 Å². The third kappa shape index (κ3) is 4.73. The van der Waals surface area contributed by atoms with Gasteiger partial charge in [-0.3, -0.25) is 14.3 Å². The number of aromatic nitrogens is 1. The van der Waals surface area contributed by atoms with Gasteiger partial charge in [0.25, 0.3) is 0 Å². The molecule has 2 saturated heterocycles. The minimum Gasteiger partial charge on any atom is -0.508 e. The highest BCUT2D eigenvalue weighted by atomic mass is 16.7. The first-order valence-electron chi connectivity index (χ1n) is 15.8. The number of hydrogen-bond donors (Lipinski definition) is 4. The second-order valence-electron chi connectivity index (χ2n) is 13.3. The summed E-state index contributed by atoms with van der Waals surface area (Å²) in [6.45, 7) is 2.44. The number of hydrogen-bond acceptors (Lipinski definition) is 8. The van der Waals surface area contributed by atoms with Crippen LogP contribution in [0, 0.1) is 11.3 Å². The van der Waals surface area contributed by atoms with Crippen LogP contribution in [0.3, 0.4) is 0 Å². The van der Waals surface area contributed by atoms with Gasteiger partial charge in [-0.2, -0.15) is 0 Å². The lowest BCUT2D eigenvalue weighted by molar-refractivity contribution is -0.270. The average Bonchev–Trinajstić information content (AvgIpc) is 3.54. The molecule has 2 aromatic rings. The highest BCUT2D eigenvalue weighted by Gasteiger charge is 2.74. The molecule has 1 aromatic carbocycles. The van der Waals surface area contributed by atoms with Crippen LogP contribution in [0.5, 0.6) is 5.75 Å². The first-order chi connectivity index (χ1) is 19.9. The van der Waals surface area contributed by atoms with Crippen molar-refractivity contribution in [2.75, 3.05) is 26.3 Å². The summed E-state index contributed by atoms with van der Waals surface area (Å²) in [5, 5.41) is 40.5. The Morgan fingerprint density at radius 3 is 2.71 bits per heavy atom. The van der Waals surface area contributed by atoms with Crippen LogP contribution in [-0.2, 0) is 15.9 Å². The molecular formula is C32H44N2O7. The molecule has 8 atom stereocenters. The van der Waals surface area contributed by atoms with Crippen molar-refractivity contribution in [3.05, 3.63) is 29.5 Å². The van der Waals surface area contributed by atoms with Crippen molar-refractivity contribution >= 4 is 16.8 Å². The van der Waals surface area contributed by atoms with E-state index in [1.54, 1.807) is 6.07 Å². The van der Waals surface area contributed by atoms with Gasteiger partial charge in [-0.15, -0.1) is 0 Å². The van der Waals surface area contributed by atoms with E-state index in [0.717, 1.165) is 68.3 Å². The standard InChI is InChI=1S/C32H44N2O7/c35-17-27-25(37)15-26(38)31(41-27)40-12-6-4-2-1-3-5-7-28(39)34-24-9-8-20(36)14-22(24)21-10-11-33-18-32-16-19(32)13-23(29(21)34)30(32)33/h8-9,14,19,23,25-27,30-31,35-38H,1-7,10-13,15-18H2/t19?,23?,25?,26?,27-,30?,31?,32?/m1/s1. The minimum absolute atomic E-state index is 0.139. The number of carbonyl (C=O) groups excluding carboxylic acids is 1. The number of aliphatic hydroxyl groups excluding tert-OH is 3. The van der Waals surface area contributed by atoms with Gasteiger partial charge in [-0.1, -0.05) is 25.7 Å². The highest BCUT2D eigenvalue weighted by molar-refractivity contribution is 5.97. The summed E-state index contributed by atoms with van der Waals surface area (Å²) in [7, 11) is 0. The van der Waals surface area contributed by atoms with Crippen molar-refractivity contribution in [3.8, 4) is 5.75 Å². The van der Waals surface area contributed by atoms with Crippen molar-refractivity contribution in [2.24, 2.45) is 11.3 Å². The zero-order valence-corrected chi connectivity index (χ0v) is 23.8. The van der Waals surface area contributed by atoms with Crippen LogP contribution >= 0.6 is 0 Å². The zero-order valence-electron chi connectivity index (χ0n) is 23.8. The fourth-order valence-corrected chi connectivity index (χ4v) is 8.78. The van der Waals surface area contributed by atoms with Crippen molar-refractivity contribution in [2.45, 2.75) is 107 Å². The topological polar surface area (TPSA) is 125 Å². The molecule has 4 N–H and O–H groups in total. The third-order valence-electron chi connectivity index (χ3n) is 10.8. The number of nitrogens with zero attached hydrogens (tertiary/aromatic N) is 2. The maximum absolute atomic E-state index is 13.8. The molecule has 2 saturated carbocycles. The van der Waals surface area contributed by atoms with Crippen molar-refractivity contribution in [3.63, 3.8) is 0 Å². The number of phenolic OH excluding ortho intramolecular Hbond substituents is 1. The van der Waals surface area contributed by atoms with Gasteiger partial charge >= 0.3 is 0 Å². The maximum atomic E-state index is 13.8. The van der Waals surface area contributed by atoms with Crippen LogP contribution in [0.25, 0.3) is 10.9 Å².